The summed E-state index contributed by atoms with van der Waals surface area (Å²) in [7, 11) is 0. The number of rotatable bonds is 5. The van der Waals surface area contributed by atoms with Crippen LogP contribution in [0.4, 0.5) is 0 Å². The molecule has 0 bridgehead atoms. The van der Waals surface area contributed by atoms with Gasteiger partial charge in [0.1, 0.15) is 0 Å². The fraction of sp³-hybridized carbons (Fsp3) is 0.333. The summed E-state index contributed by atoms with van der Waals surface area (Å²) in [5, 5.41) is 4.37. The number of hydrogen-bond acceptors (Lipinski definition) is 2. The molecular formula is C15H16Br2ClNS. The van der Waals surface area contributed by atoms with E-state index in [1.54, 1.807) is 11.3 Å². The van der Waals surface area contributed by atoms with E-state index in [0.29, 0.717) is 0 Å². The van der Waals surface area contributed by atoms with Gasteiger partial charge in [-0.1, -0.05) is 40.5 Å². The van der Waals surface area contributed by atoms with Crippen LogP contribution in [-0.2, 0) is 0 Å². The predicted octanol–water partition coefficient (Wildman–Crippen LogP) is 6.32. The average Bonchev–Trinajstić information content (AvgIpc) is 2.72. The topological polar surface area (TPSA) is 12.0 Å². The number of aryl methyl sites for hydroxylation is 1. The Kier molecular flexibility index (Phi) is 6.11. The third kappa shape index (κ3) is 3.86. The van der Waals surface area contributed by atoms with Gasteiger partial charge in [-0.2, -0.15) is 0 Å². The zero-order chi connectivity index (χ0) is 14.7. The van der Waals surface area contributed by atoms with E-state index < -0.39 is 0 Å². The van der Waals surface area contributed by atoms with E-state index >= 15 is 0 Å². The molecular weight excluding hydrogens is 422 g/mol. The second kappa shape index (κ2) is 7.41. The monoisotopic (exact) mass is 435 g/mol. The highest BCUT2D eigenvalue weighted by Gasteiger charge is 2.19. The SMILES string of the molecule is CCCNC(c1cc(C)c(Br)s1)c1ccc(Cl)cc1Br. The standard InChI is InChI=1S/C15H16Br2ClNS/c1-3-6-19-14(13-7-9(2)15(17)20-13)11-5-4-10(18)8-12(11)16/h4-5,7-8,14,19H,3,6H2,1-2H3. The molecule has 1 heterocycles. The lowest BCUT2D eigenvalue weighted by Crippen LogP contribution is -2.22. The van der Waals surface area contributed by atoms with Gasteiger partial charge in [0.2, 0.25) is 0 Å². The summed E-state index contributed by atoms with van der Waals surface area (Å²) in [4.78, 5) is 1.31. The highest BCUT2D eigenvalue weighted by molar-refractivity contribution is 9.11. The quantitative estimate of drug-likeness (QED) is 0.577. The fourth-order valence-corrected chi connectivity index (χ4v) is 4.59. The zero-order valence-electron chi connectivity index (χ0n) is 11.3. The molecule has 1 aromatic carbocycles. The van der Waals surface area contributed by atoms with Crippen LogP contribution in [0, 0.1) is 6.92 Å². The van der Waals surface area contributed by atoms with Crippen LogP contribution in [0.2, 0.25) is 5.02 Å². The Morgan fingerprint density at radius 3 is 2.60 bits per heavy atom. The van der Waals surface area contributed by atoms with Crippen LogP contribution in [0.15, 0.2) is 32.5 Å². The molecule has 5 heteroatoms. The number of hydrogen-bond donors (Lipinski definition) is 1. The molecule has 2 rings (SSSR count). The van der Waals surface area contributed by atoms with E-state index in [1.165, 1.54) is 19.8 Å². The van der Waals surface area contributed by atoms with Gasteiger partial charge in [-0.25, -0.2) is 0 Å². The molecule has 20 heavy (non-hydrogen) atoms. The Morgan fingerprint density at radius 2 is 2.05 bits per heavy atom. The molecule has 0 fully saturated rings. The van der Waals surface area contributed by atoms with Crippen molar-refractivity contribution < 1.29 is 0 Å². The van der Waals surface area contributed by atoms with Crippen LogP contribution in [-0.4, -0.2) is 6.54 Å². The maximum absolute atomic E-state index is 6.05. The summed E-state index contributed by atoms with van der Waals surface area (Å²) in [5.74, 6) is 0. The maximum atomic E-state index is 6.05. The molecule has 108 valence electrons. The molecule has 0 aliphatic rings. The van der Waals surface area contributed by atoms with E-state index in [9.17, 15) is 0 Å². The van der Waals surface area contributed by atoms with Gasteiger partial charge >= 0.3 is 0 Å². The Hall–Kier alpha value is 0.130. The van der Waals surface area contributed by atoms with E-state index in [0.717, 1.165) is 22.5 Å². The van der Waals surface area contributed by atoms with Crippen LogP contribution in [0.25, 0.3) is 0 Å². The van der Waals surface area contributed by atoms with E-state index in [-0.39, 0.29) is 6.04 Å². The molecule has 1 unspecified atom stereocenters. The first-order valence-electron chi connectivity index (χ1n) is 6.47. The fourth-order valence-electron chi connectivity index (χ4n) is 2.01. The van der Waals surface area contributed by atoms with E-state index in [2.05, 4.69) is 63.2 Å². The first-order valence-corrected chi connectivity index (χ1v) is 9.25. The number of thiophene rings is 1. The number of nitrogens with one attached hydrogen (secondary N) is 1. The van der Waals surface area contributed by atoms with Crippen molar-refractivity contribution >= 4 is 54.8 Å². The van der Waals surface area contributed by atoms with Gasteiger partial charge in [-0.05, 0) is 65.1 Å². The van der Waals surface area contributed by atoms with Crippen LogP contribution in [0.5, 0.6) is 0 Å². The summed E-state index contributed by atoms with van der Waals surface area (Å²) < 4.78 is 2.24. The Balaban J connectivity index is 2.41. The predicted molar refractivity (Wildman–Crippen MR) is 96.0 cm³/mol. The first-order chi connectivity index (χ1) is 9.52. The van der Waals surface area contributed by atoms with Crippen molar-refractivity contribution in [3.63, 3.8) is 0 Å². The minimum atomic E-state index is 0.191. The molecule has 1 aromatic heterocycles. The second-order valence-corrected chi connectivity index (χ2v) is 8.35. The highest BCUT2D eigenvalue weighted by atomic mass is 79.9. The van der Waals surface area contributed by atoms with Crippen molar-refractivity contribution in [3.8, 4) is 0 Å². The molecule has 0 aliphatic heterocycles. The number of benzene rings is 1. The van der Waals surface area contributed by atoms with Gasteiger partial charge in [0.05, 0.1) is 9.83 Å². The minimum Gasteiger partial charge on any atom is -0.306 e. The molecule has 0 saturated carbocycles. The Labute approximate surface area is 146 Å². The molecule has 0 saturated heterocycles. The molecule has 2 aromatic rings. The van der Waals surface area contributed by atoms with Crippen molar-refractivity contribution in [3.05, 3.63) is 53.6 Å². The van der Waals surface area contributed by atoms with Gasteiger partial charge in [0.15, 0.2) is 0 Å². The van der Waals surface area contributed by atoms with Crippen molar-refractivity contribution in [2.75, 3.05) is 6.54 Å². The molecule has 1 nitrogen and oxygen atoms in total. The van der Waals surface area contributed by atoms with Crippen LogP contribution in [0.3, 0.4) is 0 Å². The molecule has 0 radical (unpaired) electrons. The number of halogens is 3. The van der Waals surface area contributed by atoms with Gasteiger partial charge in [-0.3, -0.25) is 0 Å². The molecule has 1 atom stereocenters. The van der Waals surface area contributed by atoms with Gasteiger partial charge in [0.25, 0.3) is 0 Å². The lowest BCUT2D eigenvalue weighted by Gasteiger charge is -2.19. The summed E-state index contributed by atoms with van der Waals surface area (Å²) in [6.07, 6.45) is 1.10. The lowest BCUT2D eigenvalue weighted by atomic mass is 10.0. The average molecular weight is 438 g/mol. The normalized spacial score (nSPS) is 12.7. The van der Waals surface area contributed by atoms with E-state index in [1.807, 2.05) is 12.1 Å². The molecule has 0 aliphatic carbocycles. The summed E-state index contributed by atoms with van der Waals surface area (Å²) in [5.41, 5.74) is 2.50. The van der Waals surface area contributed by atoms with Crippen LogP contribution in [0.1, 0.15) is 35.4 Å². The smallest absolute Gasteiger partial charge is 0.0731 e. The van der Waals surface area contributed by atoms with E-state index in [4.69, 9.17) is 11.6 Å². The summed E-state index contributed by atoms with van der Waals surface area (Å²) in [6, 6.07) is 8.41. The molecule has 1 N–H and O–H groups in total. The first kappa shape index (κ1) is 16.5. The zero-order valence-corrected chi connectivity index (χ0v) is 16.1. The highest BCUT2D eigenvalue weighted by Crippen LogP contribution is 2.37. The van der Waals surface area contributed by atoms with Crippen molar-refractivity contribution in [1.82, 2.24) is 5.32 Å². The third-order valence-electron chi connectivity index (χ3n) is 3.03. The van der Waals surface area contributed by atoms with Crippen molar-refractivity contribution in [2.24, 2.45) is 0 Å². The van der Waals surface area contributed by atoms with Crippen molar-refractivity contribution in [2.45, 2.75) is 26.3 Å². The molecule has 0 spiro atoms. The molecule has 0 amide bonds. The van der Waals surface area contributed by atoms with Crippen LogP contribution < -0.4 is 5.32 Å². The Bertz CT molecular complexity index is 578. The lowest BCUT2D eigenvalue weighted by molar-refractivity contribution is 0.604. The summed E-state index contributed by atoms with van der Waals surface area (Å²) in [6.45, 7) is 5.28. The second-order valence-electron chi connectivity index (χ2n) is 4.66. The minimum absolute atomic E-state index is 0.191. The largest absolute Gasteiger partial charge is 0.306 e. The van der Waals surface area contributed by atoms with Crippen LogP contribution >= 0.6 is 54.8 Å². The third-order valence-corrected chi connectivity index (χ3v) is 6.16. The maximum Gasteiger partial charge on any atom is 0.0731 e. The van der Waals surface area contributed by atoms with Crippen molar-refractivity contribution in [1.29, 1.82) is 0 Å². The van der Waals surface area contributed by atoms with Gasteiger partial charge in [0, 0.05) is 14.4 Å². The Morgan fingerprint density at radius 1 is 1.30 bits per heavy atom. The van der Waals surface area contributed by atoms with Gasteiger partial charge < -0.3 is 5.32 Å². The summed E-state index contributed by atoms with van der Waals surface area (Å²) >= 11 is 15.1. The van der Waals surface area contributed by atoms with Gasteiger partial charge in [-0.15, -0.1) is 11.3 Å².